The highest BCUT2D eigenvalue weighted by Crippen LogP contribution is 2.27. The van der Waals surface area contributed by atoms with Gasteiger partial charge < -0.3 is 14.2 Å². The fraction of sp³-hybridized carbons (Fsp3) is 0.357. The number of nitrogens with zero attached hydrogens (tertiary/aromatic N) is 2. The molecule has 0 spiro atoms. The zero-order valence-corrected chi connectivity index (χ0v) is 20.3. The van der Waals surface area contributed by atoms with Crippen molar-refractivity contribution in [3.05, 3.63) is 95.2 Å². The molecule has 0 saturated carbocycles. The molecule has 2 N–H and O–H groups in total. The van der Waals surface area contributed by atoms with E-state index >= 15 is 0 Å². The molecule has 2 aliphatic heterocycles. The Labute approximate surface area is 210 Å². The molecule has 2 aromatic carbocycles. The molecule has 36 heavy (non-hydrogen) atoms. The lowest BCUT2D eigenvalue weighted by Gasteiger charge is -2.37. The number of benzene rings is 2. The maximum absolute atomic E-state index is 13.5. The molecule has 2 aliphatic rings. The van der Waals surface area contributed by atoms with Gasteiger partial charge in [-0.15, -0.1) is 0 Å². The van der Waals surface area contributed by atoms with E-state index < -0.39 is 6.04 Å². The second-order valence-electron chi connectivity index (χ2n) is 9.63. The number of furan rings is 1. The first-order valence-corrected chi connectivity index (χ1v) is 12.4. The summed E-state index contributed by atoms with van der Waals surface area (Å²) < 4.78 is 18.6. The zero-order chi connectivity index (χ0) is 25.1. The first-order valence-electron chi connectivity index (χ1n) is 12.4. The average Bonchev–Trinajstić information content (AvgIpc) is 3.60. The first-order chi connectivity index (χ1) is 17.5. The van der Waals surface area contributed by atoms with Crippen LogP contribution in [0.2, 0.25) is 0 Å². The van der Waals surface area contributed by atoms with E-state index in [4.69, 9.17) is 4.42 Å². The van der Waals surface area contributed by atoms with Crippen LogP contribution >= 0.6 is 0 Å². The first kappa shape index (κ1) is 24.2. The number of carbonyl (C=O) groups is 2. The van der Waals surface area contributed by atoms with Crippen LogP contribution in [0.3, 0.4) is 0 Å². The van der Waals surface area contributed by atoms with Gasteiger partial charge in [-0.25, -0.2) is 4.39 Å². The van der Waals surface area contributed by atoms with Gasteiger partial charge in [-0.2, -0.15) is 0 Å². The second kappa shape index (κ2) is 10.6. The van der Waals surface area contributed by atoms with Crippen LogP contribution < -0.4 is 10.9 Å². The summed E-state index contributed by atoms with van der Waals surface area (Å²) in [4.78, 5) is 30.1. The predicted molar refractivity (Wildman–Crippen MR) is 133 cm³/mol. The normalized spacial score (nSPS) is 21.3. The van der Waals surface area contributed by atoms with Crippen LogP contribution in [-0.4, -0.2) is 47.3 Å². The number of halogens is 1. The van der Waals surface area contributed by atoms with E-state index in [9.17, 15) is 14.0 Å². The summed E-state index contributed by atoms with van der Waals surface area (Å²) in [6.45, 7) is 0.974. The van der Waals surface area contributed by atoms with Crippen molar-refractivity contribution in [1.82, 2.24) is 20.7 Å². The molecule has 3 atom stereocenters. The number of nitrogens with one attached hydrogen (secondary N) is 2. The lowest BCUT2D eigenvalue weighted by molar-refractivity contribution is -0.135. The van der Waals surface area contributed by atoms with Crippen LogP contribution in [0.25, 0.3) is 0 Å². The predicted octanol–water partition coefficient (Wildman–Crippen LogP) is 3.83. The molecule has 2 amide bonds. The van der Waals surface area contributed by atoms with Gasteiger partial charge in [0.2, 0.25) is 5.91 Å². The molecule has 1 aromatic heterocycles. The smallest absolute Gasteiger partial charge is 0.290 e. The second-order valence-corrected chi connectivity index (χ2v) is 9.63. The Balaban J connectivity index is 1.18. The molecule has 8 heteroatoms. The van der Waals surface area contributed by atoms with Gasteiger partial charge in [-0.1, -0.05) is 36.4 Å². The highest BCUT2D eigenvalue weighted by molar-refractivity contribution is 5.96. The molecule has 3 unspecified atom stereocenters. The molecular weight excluding hydrogens is 459 g/mol. The van der Waals surface area contributed by atoms with E-state index in [1.165, 1.54) is 18.4 Å². The highest BCUT2D eigenvalue weighted by atomic mass is 19.1. The summed E-state index contributed by atoms with van der Waals surface area (Å²) in [5, 5.41) is 0. The van der Waals surface area contributed by atoms with Crippen LogP contribution in [0.1, 0.15) is 52.5 Å². The van der Waals surface area contributed by atoms with Crippen molar-refractivity contribution in [2.24, 2.45) is 0 Å². The van der Waals surface area contributed by atoms with Crippen LogP contribution in [0.15, 0.2) is 71.3 Å². The Morgan fingerprint density at radius 3 is 2.58 bits per heavy atom. The minimum atomic E-state index is -0.573. The summed E-state index contributed by atoms with van der Waals surface area (Å²) in [5.74, 6) is -0.328. The Morgan fingerprint density at radius 2 is 1.83 bits per heavy atom. The Bertz CT molecular complexity index is 1200. The summed E-state index contributed by atoms with van der Waals surface area (Å²) in [7, 11) is 1.81. The van der Waals surface area contributed by atoms with E-state index in [1.807, 2.05) is 36.4 Å². The van der Waals surface area contributed by atoms with Crippen LogP contribution in [-0.2, 0) is 17.8 Å². The van der Waals surface area contributed by atoms with E-state index in [-0.39, 0.29) is 35.5 Å². The number of hydrogen-bond donors (Lipinski definition) is 2. The lowest BCUT2D eigenvalue weighted by atomic mass is 9.93. The molecule has 0 aliphatic carbocycles. The van der Waals surface area contributed by atoms with Crippen molar-refractivity contribution >= 4 is 11.8 Å². The SMILES string of the molecule is CN(CCCC1CC(c2ccc(F)cc2)NN1)C(=O)C1Cc2ccccc2CN1C(=O)c1ccco1. The van der Waals surface area contributed by atoms with Crippen LogP contribution in [0, 0.1) is 5.82 Å². The minimum absolute atomic E-state index is 0.0638. The molecule has 1 saturated heterocycles. The number of likely N-dealkylation sites (N-methyl/N-ethyl adjacent to an activating group) is 1. The number of hydrazine groups is 1. The van der Waals surface area contributed by atoms with Gasteiger partial charge in [0.1, 0.15) is 11.9 Å². The van der Waals surface area contributed by atoms with Gasteiger partial charge in [-0.3, -0.25) is 20.4 Å². The van der Waals surface area contributed by atoms with Crippen molar-refractivity contribution in [2.45, 2.75) is 50.4 Å². The summed E-state index contributed by atoms with van der Waals surface area (Å²) >= 11 is 0. The molecular formula is C28H31FN4O3. The van der Waals surface area contributed by atoms with E-state index in [1.54, 1.807) is 29.0 Å². The van der Waals surface area contributed by atoms with Gasteiger partial charge in [0, 0.05) is 38.6 Å². The topological polar surface area (TPSA) is 77.8 Å². The van der Waals surface area contributed by atoms with Gasteiger partial charge in [0.15, 0.2) is 5.76 Å². The summed E-state index contributed by atoms with van der Waals surface area (Å²) in [6, 6.07) is 17.7. The summed E-state index contributed by atoms with van der Waals surface area (Å²) in [6.07, 6.45) is 4.58. The number of hydrogen-bond acceptors (Lipinski definition) is 5. The maximum Gasteiger partial charge on any atom is 0.290 e. The quantitative estimate of drug-likeness (QED) is 0.526. The van der Waals surface area contributed by atoms with Crippen molar-refractivity contribution in [1.29, 1.82) is 0 Å². The Morgan fingerprint density at radius 1 is 1.06 bits per heavy atom. The molecule has 0 bridgehead atoms. The third-order valence-electron chi connectivity index (χ3n) is 7.20. The van der Waals surface area contributed by atoms with E-state index in [2.05, 4.69) is 10.9 Å². The van der Waals surface area contributed by atoms with E-state index in [0.717, 1.165) is 36.0 Å². The zero-order valence-electron chi connectivity index (χ0n) is 20.3. The Kier molecular flexibility index (Phi) is 7.16. The lowest BCUT2D eigenvalue weighted by Crippen LogP contribution is -2.53. The average molecular weight is 491 g/mol. The van der Waals surface area contributed by atoms with Crippen molar-refractivity contribution < 1.29 is 18.4 Å². The minimum Gasteiger partial charge on any atom is -0.459 e. The number of amides is 2. The summed E-state index contributed by atoms with van der Waals surface area (Å²) in [5.41, 5.74) is 9.82. The third kappa shape index (κ3) is 5.20. The molecule has 7 nitrogen and oxygen atoms in total. The van der Waals surface area contributed by atoms with Gasteiger partial charge in [-0.05, 0) is 60.2 Å². The largest absolute Gasteiger partial charge is 0.459 e. The highest BCUT2D eigenvalue weighted by Gasteiger charge is 2.37. The third-order valence-corrected chi connectivity index (χ3v) is 7.20. The van der Waals surface area contributed by atoms with Crippen molar-refractivity contribution in [3.63, 3.8) is 0 Å². The van der Waals surface area contributed by atoms with Crippen molar-refractivity contribution in [3.8, 4) is 0 Å². The van der Waals surface area contributed by atoms with Gasteiger partial charge >= 0.3 is 0 Å². The number of rotatable bonds is 7. The molecule has 0 radical (unpaired) electrons. The van der Waals surface area contributed by atoms with Crippen LogP contribution in [0.5, 0.6) is 0 Å². The van der Waals surface area contributed by atoms with Gasteiger partial charge in [0.05, 0.1) is 6.26 Å². The fourth-order valence-corrected chi connectivity index (χ4v) is 5.16. The molecule has 5 rings (SSSR count). The molecule has 188 valence electrons. The number of carbonyl (C=O) groups excluding carboxylic acids is 2. The molecule has 3 heterocycles. The Hall–Kier alpha value is -3.49. The monoisotopic (exact) mass is 490 g/mol. The standard InChI is InChI=1S/C28H31FN4O3/c1-32(14-4-8-23-17-24(31-30-23)19-10-12-22(29)13-11-19)27(34)25-16-20-6-2-3-7-21(20)18-33(25)28(35)26-9-5-15-36-26/h2-3,5-7,9-13,15,23-25,30-31H,4,8,14,16-18H2,1H3. The van der Waals surface area contributed by atoms with Crippen molar-refractivity contribution in [2.75, 3.05) is 13.6 Å². The molecule has 3 aromatic rings. The fourth-order valence-electron chi connectivity index (χ4n) is 5.16. The number of fused-ring (bicyclic) bond motifs is 1. The molecule has 1 fully saturated rings. The van der Waals surface area contributed by atoms with E-state index in [0.29, 0.717) is 19.5 Å². The van der Waals surface area contributed by atoms with Crippen LogP contribution in [0.4, 0.5) is 4.39 Å². The van der Waals surface area contributed by atoms with Gasteiger partial charge in [0.25, 0.3) is 5.91 Å². The maximum atomic E-state index is 13.5.